The first-order chi connectivity index (χ1) is 13.5. The van der Waals surface area contributed by atoms with E-state index in [0.717, 1.165) is 11.1 Å². The van der Waals surface area contributed by atoms with E-state index in [2.05, 4.69) is 20.6 Å². The average Bonchev–Trinajstić information content (AvgIpc) is 2.70. The number of rotatable bonds is 5. The standard InChI is InChI=1S/C21H20N4O3/c1-13-7-8-17(11-14(13)2)23-19(26)18-9-10-22-21(25-18)24-16-6-4-5-15(12-16)20(27)28-3/h4-12H,1-3H3,(H,23,26)(H,22,24,25). The van der Waals surface area contributed by atoms with E-state index < -0.39 is 5.97 Å². The van der Waals surface area contributed by atoms with Crippen LogP contribution in [0.15, 0.2) is 54.7 Å². The minimum absolute atomic E-state index is 0.222. The van der Waals surface area contributed by atoms with Crippen molar-refractivity contribution in [2.24, 2.45) is 0 Å². The molecule has 7 nitrogen and oxygen atoms in total. The molecule has 0 atom stereocenters. The minimum atomic E-state index is -0.439. The van der Waals surface area contributed by atoms with Crippen molar-refractivity contribution in [3.8, 4) is 0 Å². The lowest BCUT2D eigenvalue weighted by atomic mass is 10.1. The topological polar surface area (TPSA) is 93.2 Å². The SMILES string of the molecule is COC(=O)c1cccc(Nc2nccc(C(=O)Nc3ccc(C)c(C)c3)n2)c1. The van der Waals surface area contributed by atoms with E-state index in [9.17, 15) is 9.59 Å². The molecule has 0 radical (unpaired) electrons. The van der Waals surface area contributed by atoms with Gasteiger partial charge in [0.2, 0.25) is 5.95 Å². The quantitative estimate of drug-likeness (QED) is 0.657. The van der Waals surface area contributed by atoms with E-state index in [4.69, 9.17) is 4.74 Å². The zero-order valence-corrected chi connectivity index (χ0v) is 15.8. The van der Waals surface area contributed by atoms with Gasteiger partial charge in [0.05, 0.1) is 12.7 Å². The van der Waals surface area contributed by atoms with E-state index >= 15 is 0 Å². The highest BCUT2D eigenvalue weighted by molar-refractivity contribution is 6.03. The van der Waals surface area contributed by atoms with Crippen molar-refractivity contribution < 1.29 is 14.3 Å². The molecule has 3 aromatic rings. The largest absolute Gasteiger partial charge is 0.465 e. The number of carbonyl (C=O) groups is 2. The van der Waals surface area contributed by atoms with Gasteiger partial charge in [-0.05, 0) is 61.4 Å². The lowest BCUT2D eigenvalue weighted by Crippen LogP contribution is -2.15. The smallest absolute Gasteiger partial charge is 0.337 e. The average molecular weight is 376 g/mol. The first-order valence-electron chi connectivity index (χ1n) is 8.63. The lowest BCUT2D eigenvalue weighted by Gasteiger charge is -2.09. The van der Waals surface area contributed by atoms with Crippen LogP contribution in [0.2, 0.25) is 0 Å². The maximum Gasteiger partial charge on any atom is 0.337 e. The molecule has 0 aliphatic rings. The maximum atomic E-state index is 12.5. The third-order valence-electron chi connectivity index (χ3n) is 4.19. The second-order valence-corrected chi connectivity index (χ2v) is 6.22. The molecule has 1 aromatic heterocycles. The number of methoxy groups -OCH3 is 1. The molecular formula is C21H20N4O3. The molecule has 0 bridgehead atoms. The Labute approximate surface area is 162 Å². The van der Waals surface area contributed by atoms with Gasteiger partial charge in [-0.3, -0.25) is 4.79 Å². The zero-order chi connectivity index (χ0) is 20.1. The molecule has 0 aliphatic carbocycles. The Morgan fingerprint density at radius 3 is 2.54 bits per heavy atom. The van der Waals surface area contributed by atoms with Crippen molar-refractivity contribution in [1.82, 2.24) is 9.97 Å². The van der Waals surface area contributed by atoms with Crippen LogP contribution in [0.3, 0.4) is 0 Å². The highest BCUT2D eigenvalue weighted by atomic mass is 16.5. The predicted molar refractivity (Wildman–Crippen MR) is 107 cm³/mol. The van der Waals surface area contributed by atoms with Crippen LogP contribution in [0.1, 0.15) is 32.0 Å². The molecule has 0 saturated heterocycles. The summed E-state index contributed by atoms with van der Waals surface area (Å²) in [4.78, 5) is 32.5. The molecule has 1 amide bonds. The molecule has 142 valence electrons. The van der Waals surface area contributed by atoms with Crippen LogP contribution < -0.4 is 10.6 Å². The predicted octanol–water partition coefficient (Wildman–Crippen LogP) is 3.88. The van der Waals surface area contributed by atoms with E-state index in [1.54, 1.807) is 24.3 Å². The zero-order valence-electron chi connectivity index (χ0n) is 15.8. The summed E-state index contributed by atoms with van der Waals surface area (Å²) in [5.41, 5.74) is 4.17. The van der Waals surface area contributed by atoms with Crippen molar-refractivity contribution in [3.63, 3.8) is 0 Å². The number of esters is 1. The van der Waals surface area contributed by atoms with Gasteiger partial charge in [-0.2, -0.15) is 0 Å². The minimum Gasteiger partial charge on any atom is -0.465 e. The number of aromatic nitrogens is 2. The van der Waals surface area contributed by atoms with Crippen molar-refractivity contribution in [3.05, 3.63) is 77.1 Å². The van der Waals surface area contributed by atoms with Crippen molar-refractivity contribution in [1.29, 1.82) is 0 Å². The van der Waals surface area contributed by atoms with Gasteiger partial charge in [-0.25, -0.2) is 14.8 Å². The summed E-state index contributed by atoms with van der Waals surface area (Å²) < 4.78 is 4.71. The molecule has 0 unspecified atom stereocenters. The molecule has 2 N–H and O–H groups in total. The van der Waals surface area contributed by atoms with Crippen LogP contribution in [0, 0.1) is 13.8 Å². The van der Waals surface area contributed by atoms with Gasteiger partial charge in [-0.1, -0.05) is 12.1 Å². The second kappa shape index (κ2) is 8.30. The Hall–Kier alpha value is -3.74. The number of nitrogens with one attached hydrogen (secondary N) is 2. The first kappa shape index (κ1) is 19.0. The third kappa shape index (κ3) is 4.50. The van der Waals surface area contributed by atoms with Gasteiger partial charge in [-0.15, -0.1) is 0 Å². The summed E-state index contributed by atoms with van der Waals surface area (Å²) in [6.45, 7) is 4.00. The number of aryl methyl sites for hydroxylation is 2. The molecule has 1 heterocycles. The molecule has 3 rings (SSSR count). The normalized spacial score (nSPS) is 10.2. The van der Waals surface area contributed by atoms with Gasteiger partial charge in [0.1, 0.15) is 5.69 Å². The Morgan fingerprint density at radius 1 is 0.964 bits per heavy atom. The molecule has 0 saturated carbocycles. The fourth-order valence-electron chi connectivity index (χ4n) is 2.53. The second-order valence-electron chi connectivity index (χ2n) is 6.22. The summed E-state index contributed by atoms with van der Waals surface area (Å²) in [5, 5.41) is 5.82. The van der Waals surface area contributed by atoms with Crippen molar-refractivity contribution in [2.75, 3.05) is 17.7 Å². The molecule has 7 heteroatoms. The van der Waals surface area contributed by atoms with Crippen LogP contribution in [-0.4, -0.2) is 29.0 Å². The Balaban J connectivity index is 1.75. The summed E-state index contributed by atoms with van der Waals surface area (Å²) in [6, 6.07) is 14.0. The third-order valence-corrected chi connectivity index (χ3v) is 4.19. The molecule has 0 aliphatic heterocycles. The fraction of sp³-hybridized carbons (Fsp3) is 0.143. The van der Waals surface area contributed by atoms with Gasteiger partial charge >= 0.3 is 5.97 Å². The number of hydrogen-bond donors (Lipinski definition) is 2. The number of carbonyl (C=O) groups excluding carboxylic acids is 2. The number of anilines is 3. The van der Waals surface area contributed by atoms with Crippen LogP contribution >= 0.6 is 0 Å². The molecular weight excluding hydrogens is 356 g/mol. The summed E-state index contributed by atoms with van der Waals surface area (Å²) in [5.74, 6) is -0.530. The summed E-state index contributed by atoms with van der Waals surface area (Å²) in [6.07, 6.45) is 1.49. The van der Waals surface area contributed by atoms with Crippen molar-refractivity contribution >= 4 is 29.2 Å². The summed E-state index contributed by atoms with van der Waals surface area (Å²) >= 11 is 0. The number of hydrogen-bond acceptors (Lipinski definition) is 6. The van der Waals surface area contributed by atoms with Gasteiger partial charge in [0.15, 0.2) is 0 Å². The van der Waals surface area contributed by atoms with Crippen LogP contribution in [0.4, 0.5) is 17.3 Å². The van der Waals surface area contributed by atoms with Crippen LogP contribution in [-0.2, 0) is 4.74 Å². The van der Waals surface area contributed by atoms with Crippen LogP contribution in [0.25, 0.3) is 0 Å². The molecule has 2 aromatic carbocycles. The number of nitrogens with zero attached hydrogens (tertiary/aromatic N) is 2. The Morgan fingerprint density at radius 2 is 1.79 bits per heavy atom. The molecule has 28 heavy (non-hydrogen) atoms. The number of amides is 1. The van der Waals surface area contributed by atoms with E-state index in [0.29, 0.717) is 16.9 Å². The molecule has 0 fully saturated rings. The van der Waals surface area contributed by atoms with E-state index in [1.165, 1.54) is 19.4 Å². The van der Waals surface area contributed by atoms with Crippen molar-refractivity contribution in [2.45, 2.75) is 13.8 Å². The monoisotopic (exact) mass is 376 g/mol. The first-order valence-corrected chi connectivity index (χ1v) is 8.63. The Kier molecular flexibility index (Phi) is 5.64. The highest BCUT2D eigenvalue weighted by Gasteiger charge is 2.11. The number of benzene rings is 2. The van der Waals surface area contributed by atoms with Gasteiger partial charge in [0, 0.05) is 17.6 Å². The Bertz CT molecular complexity index is 1030. The molecule has 0 spiro atoms. The highest BCUT2D eigenvalue weighted by Crippen LogP contribution is 2.17. The van der Waals surface area contributed by atoms with E-state index in [1.807, 2.05) is 32.0 Å². The van der Waals surface area contributed by atoms with Gasteiger partial charge < -0.3 is 15.4 Å². The van der Waals surface area contributed by atoms with Crippen LogP contribution in [0.5, 0.6) is 0 Å². The summed E-state index contributed by atoms with van der Waals surface area (Å²) in [7, 11) is 1.32. The lowest BCUT2D eigenvalue weighted by molar-refractivity contribution is 0.0600. The van der Waals surface area contributed by atoms with E-state index in [-0.39, 0.29) is 17.5 Å². The van der Waals surface area contributed by atoms with Gasteiger partial charge in [0.25, 0.3) is 5.91 Å². The maximum absolute atomic E-state index is 12.5. The number of ether oxygens (including phenoxy) is 1. The fourth-order valence-corrected chi connectivity index (χ4v) is 2.53.